The van der Waals surface area contributed by atoms with Gasteiger partial charge in [-0.25, -0.2) is 8.78 Å². The lowest BCUT2D eigenvalue weighted by Gasteiger charge is -2.23. The molecular weight excluding hydrogens is 276 g/mol. The van der Waals surface area contributed by atoms with Crippen molar-refractivity contribution in [2.75, 3.05) is 13.1 Å². The van der Waals surface area contributed by atoms with Gasteiger partial charge in [-0.2, -0.15) is 0 Å². The maximum absolute atomic E-state index is 13.6. The fraction of sp³-hybridized carbons (Fsp3) is 0.500. The van der Waals surface area contributed by atoms with Crippen molar-refractivity contribution in [3.8, 4) is 0 Å². The highest BCUT2D eigenvalue weighted by atomic mass is 19.1. The molecular formula is C16H19F2NO2. The molecule has 1 saturated heterocycles. The summed E-state index contributed by atoms with van der Waals surface area (Å²) in [6.07, 6.45) is 1.98. The summed E-state index contributed by atoms with van der Waals surface area (Å²) in [5.41, 5.74) is -0.109. The van der Waals surface area contributed by atoms with Crippen LogP contribution >= 0.6 is 0 Å². The Morgan fingerprint density at radius 1 is 1.29 bits per heavy atom. The molecule has 1 amide bonds. The third kappa shape index (κ3) is 3.86. The number of hydrogen-bond donors (Lipinski definition) is 0. The van der Waals surface area contributed by atoms with Gasteiger partial charge in [0.05, 0.1) is 12.1 Å². The Kier molecular flexibility index (Phi) is 4.40. The third-order valence-electron chi connectivity index (χ3n) is 3.99. The van der Waals surface area contributed by atoms with E-state index in [0.29, 0.717) is 19.0 Å². The number of nitrogens with zero attached hydrogens (tertiary/aromatic N) is 1. The van der Waals surface area contributed by atoms with E-state index in [9.17, 15) is 18.4 Å². The number of amides is 1. The molecule has 1 aromatic carbocycles. The quantitative estimate of drug-likeness (QED) is 0.803. The molecule has 0 atom stereocenters. The summed E-state index contributed by atoms with van der Waals surface area (Å²) in [4.78, 5) is 25.6. The van der Waals surface area contributed by atoms with Gasteiger partial charge in [0.25, 0.3) is 0 Å². The minimum atomic E-state index is -0.886. The van der Waals surface area contributed by atoms with Crippen LogP contribution in [-0.2, 0) is 4.79 Å². The molecule has 0 radical (unpaired) electrons. The van der Waals surface area contributed by atoms with Crippen LogP contribution in [0.2, 0.25) is 0 Å². The molecule has 0 bridgehead atoms. The molecule has 1 aromatic rings. The first-order valence-electron chi connectivity index (χ1n) is 7.04. The molecule has 1 heterocycles. The molecule has 3 nitrogen and oxygen atoms in total. The molecule has 1 aliphatic rings. The van der Waals surface area contributed by atoms with Crippen LogP contribution in [0, 0.1) is 17.0 Å². The minimum absolute atomic E-state index is 0.0641. The minimum Gasteiger partial charge on any atom is -0.335 e. The fourth-order valence-electron chi connectivity index (χ4n) is 2.43. The molecule has 0 N–H and O–H groups in total. The average Bonchev–Trinajstić information content (AvgIpc) is 2.51. The van der Waals surface area contributed by atoms with Crippen molar-refractivity contribution in [3.63, 3.8) is 0 Å². The maximum Gasteiger partial charge on any atom is 0.222 e. The van der Waals surface area contributed by atoms with Crippen LogP contribution in [0.3, 0.4) is 0 Å². The van der Waals surface area contributed by atoms with Crippen LogP contribution in [0.4, 0.5) is 8.78 Å². The van der Waals surface area contributed by atoms with Crippen molar-refractivity contribution < 1.29 is 18.4 Å². The number of carbonyl (C=O) groups is 2. The second-order valence-corrected chi connectivity index (χ2v) is 6.28. The molecule has 1 fully saturated rings. The Bertz CT molecular complexity index is 569. The van der Waals surface area contributed by atoms with Crippen molar-refractivity contribution >= 4 is 11.7 Å². The average molecular weight is 295 g/mol. The first-order valence-corrected chi connectivity index (χ1v) is 7.04. The first-order chi connectivity index (χ1) is 9.78. The second kappa shape index (κ2) is 5.92. The highest BCUT2D eigenvalue weighted by Gasteiger charge is 2.28. The van der Waals surface area contributed by atoms with Gasteiger partial charge in [0.2, 0.25) is 5.91 Å². The monoisotopic (exact) mass is 295 g/mol. The van der Waals surface area contributed by atoms with Crippen molar-refractivity contribution in [2.24, 2.45) is 5.41 Å². The van der Waals surface area contributed by atoms with Gasteiger partial charge in [0.15, 0.2) is 5.78 Å². The van der Waals surface area contributed by atoms with Gasteiger partial charge in [-0.05, 0) is 30.4 Å². The molecule has 0 aliphatic carbocycles. The number of rotatable bonds is 3. The van der Waals surface area contributed by atoms with Crippen molar-refractivity contribution in [1.82, 2.24) is 4.90 Å². The van der Waals surface area contributed by atoms with Gasteiger partial charge in [-0.15, -0.1) is 0 Å². The molecule has 21 heavy (non-hydrogen) atoms. The van der Waals surface area contributed by atoms with Crippen LogP contribution in [0.25, 0.3) is 0 Å². The zero-order valence-electron chi connectivity index (χ0n) is 12.3. The van der Waals surface area contributed by atoms with Crippen LogP contribution in [0.1, 0.15) is 43.5 Å². The lowest BCUT2D eigenvalue weighted by molar-refractivity contribution is -0.130. The molecule has 1 aliphatic heterocycles. The zero-order valence-corrected chi connectivity index (χ0v) is 12.3. The molecule has 0 spiro atoms. The molecule has 5 heteroatoms. The molecule has 0 unspecified atom stereocenters. The maximum atomic E-state index is 13.6. The summed E-state index contributed by atoms with van der Waals surface area (Å²) in [6, 6.07) is 2.85. The standard InChI is InChI=1S/C16H19F2NO2/c1-16(2)6-5-15(21)19(8-7-16)10-14(20)12-4-3-11(17)9-13(12)18/h3-4,9H,5-8,10H2,1-2H3. The number of benzene rings is 1. The van der Waals surface area contributed by atoms with E-state index in [4.69, 9.17) is 0 Å². The Labute approximate surface area is 122 Å². The lowest BCUT2D eigenvalue weighted by atomic mass is 9.85. The van der Waals surface area contributed by atoms with Gasteiger partial charge in [0, 0.05) is 19.0 Å². The predicted octanol–water partition coefficient (Wildman–Crippen LogP) is 3.19. The Balaban J connectivity index is 2.09. The molecule has 2 rings (SSSR count). The van der Waals surface area contributed by atoms with Gasteiger partial charge < -0.3 is 4.90 Å². The van der Waals surface area contributed by atoms with Crippen LogP contribution < -0.4 is 0 Å². The molecule has 0 saturated carbocycles. The number of halogens is 2. The van der Waals surface area contributed by atoms with Gasteiger partial charge >= 0.3 is 0 Å². The van der Waals surface area contributed by atoms with E-state index in [2.05, 4.69) is 13.8 Å². The smallest absolute Gasteiger partial charge is 0.222 e. The van der Waals surface area contributed by atoms with E-state index in [0.717, 1.165) is 25.0 Å². The molecule has 114 valence electrons. The van der Waals surface area contributed by atoms with Gasteiger partial charge in [-0.1, -0.05) is 13.8 Å². The van der Waals surface area contributed by atoms with E-state index < -0.39 is 17.4 Å². The molecule has 0 aromatic heterocycles. The third-order valence-corrected chi connectivity index (χ3v) is 3.99. The summed E-state index contributed by atoms with van der Waals surface area (Å²) >= 11 is 0. The number of carbonyl (C=O) groups excluding carboxylic acids is 2. The van der Waals surface area contributed by atoms with Crippen LogP contribution in [0.15, 0.2) is 18.2 Å². The van der Waals surface area contributed by atoms with Crippen molar-refractivity contribution in [1.29, 1.82) is 0 Å². The van der Waals surface area contributed by atoms with Crippen molar-refractivity contribution in [3.05, 3.63) is 35.4 Å². The SMILES string of the molecule is CC1(C)CCC(=O)N(CC(=O)c2ccc(F)cc2F)CC1. The van der Waals surface area contributed by atoms with E-state index >= 15 is 0 Å². The highest BCUT2D eigenvalue weighted by Crippen LogP contribution is 2.30. The van der Waals surface area contributed by atoms with E-state index in [1.165, 1.54) is 4.90 Å². The summed E-state index contributed by atoms with van der Waals surface area (Å²) in [5, 5.41) is 0. The summed E-state index contributed by atoms with van der Waals surface area (Å²) in [5.74, 6) is -2.20. The Morgan fingerprint density at radius 2 is 2.00 bits per heavy atom. The van der Waals surface area contributed by atoms with Crippen LogP contribution in [-0.4, -0.2) is 29.7 Å². The Hall–Kier alpha value is -1.78. The normalized spacial score (nSPS) is 18.5. The van der Waals surface area contributed by atoms with Crippen molar-refractivity contribution in [2.45, 2.75) is 33.1 Å². The number of Topliss-reactive ketones (excluding diaryl/α,β-unsaturated/α-hetero) is 1. The largest absolute Gasteiger partial charge is 0.335 e. The topological polar surface area (TPSA) is 37.4 Å². The van der Waals surface area contributed by atoms with Gasteiger partial charge in [0.1, 0.15) is 11.6 Å². The number of hydrogen-bond acceptors (Lipinski definition) is 2. The fourth-order valence-corrected chi connectivity index (χ4v) is 2.43. The van der Waals surface area contributed by atoms with Gasteiger partial charge in [-0.3, -0.25) is 9.59 Å². The summed E-state index contributed by atoms with van der Waals surface area (Å²) in [6.45, 7) is 4.51. The van der Waals surface area contributed by atoms with Crippen LogP contribution in [0.5, 0.6) is 0 Å². The van der Waals surface area contributed by atoms with E-state index in [1.807, 2.05) is 0 Å². The predicted molar refractivity (Wildman–Crippen MR) is 74.9 cm³/mol. The lowest BCUT2D eigenvalue weighted by Crippen LogP contribution is -2.35. The second-order valence-electron chi connectivity index (χ2n) is 6.28. The zero-order chi connectivity index (χ0) is 15.6. The Morgan fingerprint density at radius 3 is 2.67 bits per heavy atom. The summed E-state index contributed by atoms with van der Waals surface area (Å²) < 4.78 is 26.4. The van der Waals surface area contributed by atoms with E-state index in [-0.39, 0.29) is 23.4 Å². The number of ketones is 1. The van der Waals surface area contributed by atoms with E-state index in [1.54, 1.807) is 0 Å². The first kappa shape index (κ1) is 15.6. The summed E-state index contributed by atoms with van der Waals surface area (Å²) in [7, 11) is 0. The number of likely N-dealkylation sites (tertiary alicyclic amines) is 1. The highest BCUT2D eigenvalue weighted by molar-refractivity contribution is 5.99.